The predicted octanol–water partition coefficient (Wildman–Crippen LogP) is 2.84. The van der Waals surface area contributed by atoms with Crippen molar-refractivity contribution in [2.75, 3.05) is 13.1 Å². The molecule has 1 aromatic heterocycles. The van der Waals surface area contributed by atoms with E-state index < -0.39 is 0 Å². The van der Waals surface area contributed by atoms with Crippen molar-refractivity contribution in [1.29, 1.82) is 0 Å². The highest BCUT2D eigenvalue weighted by Gasteiger charge is 2.53. The Morgan fingerprint density at radius 2 is 2.05 bits per heavy atom. The van der Waals surface area contributed by atoms with Gasteiger partial charge in [0.2, 0.25) is 0 Å². The van der Waals surface area contributed by atoms with Crippen molar-refractivity contribution in [3.8, 4) is 0 Å². The van der Waals surface area contributed by atoms with Gasteiger partial charge in [-0.15, -0.1) is 11.3 Å². The zero-order valence-electron chi connectivity index (χ0n) is 12.7. The second kappa shape index (κ2) is 4.77. The molecule has 2 unspecified atom stereocenters. The van der Waals surface area contributed by atoms with Crippen LogP contribution in [-0.4, -0.2) is 35.1 Å². The maximum absolute atomic E-state index is 5.15. The molecule has 0 spiro atoms. The van der Waals surface area contributed by atoms with E-state index in [1.807, 2.05) is 11.3 Å². The molecule has 5 rings (SSSR count). The molecule has 4 heteroatoms. The van der Waals surface area contributed by atoms with Gasteiger partial charge in [-0.1, -0.05) is 6.42 Å². The van der Waals surface area contributed by atoms with Gasteiger partial charge in [0.05, 0.1) is 11.2 Å². The molecule has 114 valence electrons. The van der Waals surface area contributed by atoms with Crippen LogP contribution in [0.5, 0.6) is 0 Å². The minimum absolute atomic E-state index is 0.191. The van der Waals surface area contributed by atoms with Gasteiger partial charge in [0, 0.05) is 23.5 Å². The molecule has 3 heterocycles. The van der Waals surface area contributed by atoms with Crippen molar-refractivity contribution < 1.29 is 0 Å². The fraction of sp³-hybridized carbons (Fsp3) is 0.824. The molecule has 21 heavy (non-hydrogen) atoms. The van der Waals surface area contributed by atoms with E-state index in [0.29, 0.717) is 6.04 Å². The number of hydrogen-bond acceptors (Lipinski definition) is 4. The number of nitrogens with one attached hydrogen (secondary N) is 1. The van der Waals surface area contributed by atoms with Crippen LogP contribution >= 0.6 is 11.3 Å². The van der Waals surface area contributed by atoms with Gasteiger partial charge in [-0.3, -0.25) is 4.90 Å². The lowest BCUT2D eigenvalue weighted by Crippen LogP contribution is -2.54. The Hall–Kier alpha value is -0.450. The molecule has 1 N–H and O–H groups in total. The van der Waals surface area contributed by atoms with Crippen molar-refractivity contribution in [3.05, 3.63) is 15.6 Å². The summed E-state index contributed by atoms with van der Waals surface area (Å²) in [5, 5.41) is 5.52. The molecule has 3 fully saturated rings. The number of nitrogens with zero attached hydrogens (tertiary/aromatic N) is 2. The standard InChI is InChI=1S/C17H25N3S/c1-2-10-20-11-9-17(15(20)6-1,19-12-7-8-12)16-18-13-4-3-5-14(13)21-16/h12,15,19H,1-11H2. The molecule has 2 aliphatic heterocycles. The Balaban J connectivity index is 1.54. The lowest BCUT2D eigenvalue weighted by Gasteiger charge is -2.40. The molecule has 2 aliphatic carbocycles. The topological polar surface area (TPSA) is 28.2 Å². The summed E-state index contributed by atoms with van der Waals surface area (Å²) in [6, 6.07) is 1.48. The minimum Gasteiger partial charge on any atom is -0.301 e. The fourth-order valence-corrected chi connectivity index (χ4v) is 6.14. The van der Waals surface area contributed by atoms with Crippen LogP contribution in [0, 0.1) is 0 Å². The lowest BCUT2D eigenvalue weighted by atomic mass is 9.85. The van der Waals surface area contributed by atoms with Crippen LogP contribution in [-0.2, 0) is 18.4 Å². The smallest absolute Gasteiger partial charge is 0.115 e. The van der Waals surface area contributed by atoms with Crippen molar-refractivity contribution in [3.63, 3.8) is 0 Å². The van der Waals surface area contributed by atoms with E-state index in [-0.39, 0.29) is 5.54 Å². The summed E-state index contributed by atoms with van der Waals surface area (Å²) in [5.41, 5.74) is 1.62. The highest BCUT2D eigenvalue weighted by atomic mass is 32.1. The number of aromatic nitrogens is 1. The fourth-order valence-electron chi connectivity index (χ4n) is 4.76. The normalized spacial score (nSPS) is 35.9. The van der Waals surface area contributed by atoms with Crippen LogP contribution in [0.2, 0.25) is 0 Å². The van der Waals surface area contributed by atoms with Crippen LogP contribution in [0.25, 0.3) is 0 Å². The summed E-state index contributed by atoms with van der Waals surface area (Å²) in [5.74, 6) is 0. The van der Waals surface area contributed by atoms with Gasteiger partial charge in [-0.2, -0.15) is 0 Å². The quantitative estimate of drug-likeness (QED) is 0.930. The first-order valence-corrected chi connectivity index (χ1v) is 9.68. The van der Waals surface area contributed by atoms with E-state index in [9.17, 15) is 0 Å². The second-order valence-corrected chi connectivity index (χ2v) is 8.51. The summed E-state index contributed by atoms with van der Waals surface area (Å²) in [6.07, 6.45) is 12.0. The summed E-state index contributed by atoms with van der Waals surface area (Å²) < 4.78 is 0. The van der Waals surface area contributed by atoms with Gasteiger partial charge in [0.15, 0.2) is 0 Å². The van der Waals surface area contributed by atoms with E-state index in [1.54, 1.807) is 4.88 Å². The number of thiazole rings is 1. The number of rotatable bonds is 3. The number of aryl methyl sites for hydroxylation is 2. The van der Waals surface area contributed by atoms with Crippen molar-refractivity contribution >= 4 is 11.3 Å². The van der Waals surface area contributed by atoms with Gasteiger partial charge in [0.25, 0.3) is 0 Å². The first-order valence-electron chi connectivity index (χ1n) is 8.86. The molecule has 2 atom stereocenters. The van der Waals surface area contributed by atoms with Crippen LogP contribution in [0.4, 0.5) is 0 Å². The molecule has 0 radical (unpaired) electrons. The SMILES string of the molecule is C1Cc2nc(C3(NC4CC4)CCN4CCCCC43)sc2C1. The summed E-state index contributed by atoms with van der Waals surface area (Å²) in [6.45, 7) is 2.58. The Morgan fingerprint density at radius 3 is 2.90 bits per heavy atom. The lowest BCUT2D eigenvalue weighted by molar-refractivity contribution is 0.135. The third kappa shape index (κ3) is 2.02. The Kier molecular flexibility index (Phi) is 2.96. The maximum atomic E-state index is 5.15. The van der Waals surface area contributed by atoms with Gasteiger partial charge >= 0.3 is 0 Å². The second-order valence-electron chi connectivity index (χ2n) is 7.43. The number of hydrogen-bond donors (Lipinski definition) is 1. The van der Waals surface area contributed by atoms with E-state index in [4.69, 9.17) is 4.98 Å². The molecular weight excluding hydrogens is 278 g/mol. The maximum Gasteiger partial charge on any atom is 0.115 e. The summed E-state index contributed by atoms with van der Waals surface area (Å²) in [4.78, 5) is 9.50. The summed E-state index contributed by atoms with van der Waals surface area (Å²) in [7, 11) is 0. The third-order valence-electron chi connectivity index (χ3n) is 5.99. The van der Waals surface area contributed by atoms with Crippen molar-refractivity contribution in [2.45, 2.75) is 75.4 Å². The predicted molar refractivity (Wildman–Crippen MR) is 85.8 cm³/mol. The van der Waals surface area contributed by atoms with Crippen molar-refractivity contribution in [2.24, 2.45) is 0 Å². The monoisotopic (exact) mass is 303 g/mol. The third-order valence-corrected chi connectivity index (χ3v) is 7.33. The molecule has 0 bridgehead atoms. The van der Waals surface area contributed by atoms with Gasteiger partial charge in [-0.05, 0) is 57.9 Å². The highest BCUT2D eigenvalue weighted by Crippen LogP contribution is 2.46. The largest absolute Gasteiger partial charge is 0.301 e. The average Bonchev–Trinajstić information content (AvgIpc) is 2.91. The van der Waals surface area contributed by atoms with Gasteiger partial charge in [-0.25, -0.2) is 4.98 Å². The van der Waals surface area contributed by atoms with Crippen LogP contribution in [0.3, 0.4) is 0 Å². The van der Waals surface area contributed by atoms with Gasteiger partial charge < -0.3 is 5.32 Å². The number of piperidine rings is 1. The van der Waals surface area contributed by atoms with Gasteiger partial charge in [0.1, 0.15) is 5.01 Å². The number of fused-ring (bicyclic) bond motifs is 2. The molecule has 0 amide bonds. The first kappa shape index (κ1) is 13.0. The minimum atomic E-state index is 0.191. The Labute approximate surface area is 131 Å². The van der Waals surface area contributed by atoms with Crippen molar-refractivity contribution in [1.82, 2.24) is 15.2 Å². The Morgan fingerprint density at radius 1 is 1.10 bits per heavy atom. The molecule has 1 aromatic rings. The first-order chi connectivity index (χ1) is 10.4. The van der Waals surface area contributed by atoms with Crippen LogP contribution < -0.4 is 5.32 Å². The molecule has 2 saturated heterocycles. The molecular formula is C17H25N3S. The zero-order chi connectivity index (χ0) is 13.9. The van der Waals surface area contributed by atoms with E-state index in [1.165, 1.54) is 81.6 Å². The molecule has 1 saturated carbocycles. The molecule has 3 nitrogen and oxygen atoms in total. The Bertz CT molecular complexity index is 529. The molecule has 0 aromatic carbocycles. The zero-order valence-corrected chi connectivity index (χ0v) is 13.6. The van der Waals surface area contributed by atoms with E-state index in [2.05, 4.69) is 10.2 Å². The van der Waals surface area contributed by atoms with E-state index >= 15 is 0 Å². The summed E-state index contributed by atoms with van der Waals surface area (Å²) >= 11 is 2.04. The van der Waals surface area contributed by atoms with E-state index in [0.717, 1.165) is 6.04 Å². The average molecular weight is 303 g/mol. The molecule has 4 aliphatic rings. The highest BCUT2D eigenvalue weighted by molar-refractivity contribution is 7.12. The van der Waals surface area contributed by atoms with Crippen LogP contribution in [0.15, 0.2) is 0 Å². The van der Waals surface area contributed by atoms with Crippen LogP contribution in [0.1, 0.15) is 60.5 Å².